The molecule has 2 aromatic rings. The minimum atomic E-state index is -0.00275. The highest BCUT2D eigenvalue weighted by Gasteiger charge is 2.10. The molecule has 3 N–H and O–H groups in total. The van der Waals surface area contributed by atoms with E-state index in [9.17, 15) is 0 Å². The highest BCUT2D eigenvalue weighted by atomic mass is 35.5. The van der Waals surface area contributed by atoms with Crippen molar-refractivity contribution in [2.24, 2.45) is 0 Å². The maximum Gasteiger partial charge on any atom is 0.150 e. The van der Waals surface area contributed by atoms with Crippen LogP contribution >= 0.6 is 22.9 Å². The number of nitrogens with one attached hydrogen (secondary N) is 1. The van der Waals surface area contributed by atoms with Gasteiger partial charge in [-0.1, -0.05) is 11.6 Å². The van der Waals surface area contributed by atoms with E-state index in [0.717, 1.165) is 10.7 Å². The number of halogens is 1. The van der Waals surface area contributed by atoms with E-state index in [1.807, 2.05) is 12.3 Å². The zero-order valence-electron chi connectivity index (χ0n) is 10.6. The number of hydrogen-bond acceptors (Lipinski definition) is 7. The van der Waals surface area contributed by atoms with Crippen LogP contribution in [0, 0.1) is 0 Å². The van der Waals surface area contributed by atoms with Gasteiger partial charge in [-0.05, 0) is 6.92 Å². The molecule has 0 aliphatic heterocycles. The number of aromatic nitrogens is 3. The van der Waals surface area contributed by atoms with Gasteiger partial charge in [0, 0.05) is 12.5 Å². The van der Waals surface area contributed by atoms with Crippen LogP contribution in [-0.2, 0) is 11.3 Å². The number of thiazole rings is 1. The fraction of sp³-hybridized carbons (Fsp3) is 0.364. The largest absolute Gasteiger partial charge is 0.382 e. The number of nitrogens with zero attached hydrogens (tertiary/aromatic N) is 3. The summed E-state index contributed by atoms with van der Waals surface area (Å²) in [5.74, 6) is 0.759. The van der Waals surface area contributed by atoms with Crippen molar-refractivity contribution in [3.05, 3.63) is 27.4 Å². The van der Waals surface area contributed by atoms with Crippen LogP contribution in [0.15, 0.2) is 11.7 Å². The third kappa shape index (κ3) is 3.31. The second-order valence-electron chi connectivity index (χ2n) is 3.83. The zero-order valence-corrected chi connectivity index (χ0v) is 12.1. The highest BCUT2D eigenvalue weighted by molar-refractivity contribution is 7.09. The lowest BCUT2D eigenvalue weighted by atomic mass is 10.4. The zero-order chi connectivity index (χ0) is 13.8. The molecule has 2 aromatic heterocycles. The fourth-order valence-corrected chi connectivity index (χ4v) is 2.39. The second kappa shape index (κ2) is 6.14. The van der Waals surface area contributed by atoms with E-state index in [0.29, 0.717) is 17.4 Å². The van der Waals surface area contributed by atoms with Gasteiger partial charge in [-0.15, -0.1) is 11.3 Å². The maximum atomic E-state index is 5.99. The second-order valence-corrected chi connectivity index (χ2v) is 5.10. The Morgan fingerprint density at radius 2 is 2.32 bits per heavy atom. The van der Waals surface area contributed by atoms with E-state index >= 15 is 0 Å². The number of methoxy groups -OCH3 is 1. The molecule has 2 heterocycles. The Bertz CT molecular complexity index is 562. The molecule has 0 aliphatic carbocycles. The fourth-order valence-electron chi connectivity index (χ4n) is 1.37. The van der Waals surface area contributed by atoms with Gasteiger partial charge >= 0.3 is 0 Å². The lowest BCUT2D eigenvalue weighted by Gasteiger charge is -2.06. The number of rotatable bonds is 5. The first kappa shape index (κ1) is 14.0. The van der Waals surface area contributed by atoms with E-state index in [1.54, 1.807) is 18.4 Å². The van der Waals surface area contributed by atoms with Gasteiger partial charge in [-0.25, -0.2) is 15.0 Å². The van der Waals surface area contributed by atoms with Gasteiger partial charge in [0.25, 0.3) is 0 Å². The first-order valence-corrected chi connectivity index (χ1v) is 6.84. The molecule has 0 aromatic carbocycles. The summed E-state index contributed by atoms with van der Waals surface area (Å²) in [4.78, 5) is 12.3. The third-order valence-corrected chi connectivity index (χ3v) is 3.95. The molecule has 6 nitrogen and oxygen atoms in total. The molecule has 0 amide bonds. The molecule has 2 rings (SSSR count). The molecule has 0 bridgehead atoms. The molecule has 19 heavy (non-hydrogen) atoms. The van der Waals surface area contributed by atoms with Gasteiger partial charge in [-0.3, -0.25) is 0 Å². The quantitative estimate of drug-likeness (QED) is 0.882. The van der Waals surface area contributed by atoms with E-state index in [4.69, 9.17) is 22.1 Å². The average Bonchev–Trinajstić information content (AvgIpc) is 2.88. The molecule has 0 saturated carbocycles. The van der Waals surface area contributed by atoms with Gasteiger partial charge in [-0.2, -0.15) is 0 Å². The molecule has 0 fully saturated rings. The summed E-state index contributed by atoms with van der Waals surface area (Å²) in [5.41, 5.74) is 6.50. The van der Waals surface area contributed by atoms with Crippen molar-refractivity contribution in [1.82, 2.24) is 15.0 Å². The summed E-state index contributed by atoms with van der Waals surface area (Å²) in [6.07, 6.45) is 1.36. The summed E-state index contributed by atoms with van der Waals surface area (Å²) in [5, 5.41) is 6.31. The van der Waals surface area contributed by atoms with Crippen LogP contribution in [0.3, 0.4) is 0 Å². The highest BCUT2D eigenvalue weighted by Crippen LogP contribution is 2.24. The maximum absolute atomic E-state index is 5.99. The van der Waals surface area contributed by atoms with Crippen LogP contribution in [0.1, 0.15) is 23.7 Å². The van der Waals surface area contributed by atoms with Crippen molar-refractivity contribution in [3.8, 4) is 0 Å². The first-order chi connectivity index (χ1) is 9.11. The third-order valence-electron chi connectivity index (χ3n) is 2.52. The van der Waals surface area contributed by atoms with Crippen LogP contribution < -0.4 is 11.1 Å². The molecule has 0 spiro atoms. The monoisotopic (exact) mass is 299 g/mol. The number of ether oxygens (including phenoxy) is 1. The summed E-state index contributed by atoms with van der Waals surface area (Å²) < 4.78 is 5.22. The Hall–Kier alpha value is -1.44. The predicted octanol–water partition coefficient (Wildman–Crippen LogP) is 2.49. The van der Waals surface area contributed by atoms with E-state index in [1.165, 1.54) is 6.33 Å². The molecule has 0 radical (unpaired) electrons. The smallest absolute Gasteiger partial charge is 0.150 e. The Kier molecular flexibility index (Phi) is 4.52. The van der Waals surface area contributed by atoms with Crippen LogP contribution in [0.25, 0.3) is 0 Å². The summed E-state index contributed by atoms with van der Waals surface area (Å²) >= 11 is 7.55. The van der Waals surface area contributed by atoms with Gasteiger partial charge < -0.3 is 15.8 Å². The number of anilines is 2. The topological polar surface area (TPSA) is 86.0 Å². The molecule has 102 valence electrons. The van der Waals surface area contributed by atoms with Gasteiger partial charge in [0.05, 0.1) is 12.2 Å². The standard InChI is InChI=1S/C11H14ClN5OS/c1-6(18-2)11-17-7(4-19-11)3-14-10-8(12)9(13)15-5-16-10/h4-6H,3H2,1-2H3,(H3,13,14,15,16). The van der Waals surface area contributed by atoms with Crippen molar-refractivity contribution in [2.45, 2.75) is 19.6 Å². The molecule has 0 aliphatic rings. The Balaban J connectivity index is 2.02. The number of nitrogen functional groups attached to an aromatic ring is 1. The molecule has 1 atom stereocenters. The minimum Gasteiger partial charge on any atom is -0.382 e. The molecule has 0 saturated heterocycles. The molecule has 8 heteroatoms. The molecule has 1 unspecified atom stereocenters. The van der Waals surface area contributed by atoms with E-state index in [2.05, 4.69) is 20.3 Å². The molecular weight excluding hydrogens is 286 g/mol. The van der Waals surface area contributed by atoms with Crippen LogP contribution in [0.4, 0.5) is 11.6 Å². The van der Waals surface area contributed by atoms with Crippen molar-refractivity contribution in [1.29, 1.82) is 0 Å². The number of nitrogens with two attached hydrogens (primary N) is 1. The molecular formula is C11H14ClN5OS. The van der Waals surface area contributed by atoms with E-state index in [-0.39, 0.29) is 11.9 Å². The minimum absolute atomic E-state index is 0.00275. The lowest BCUT2D eigenvalue weighted by molar-refractivity contribution is 0.119. The van der Waals surface area contributed by atoms with Crippen LogP contribution in [-0.4, -0.2) is 22.1 Å². The summed E-state index contributed by atoms with van der Waals surface area (Å²) in [6, 6.07) is 0. The number of hydrogen-bond donors (Lipinski definition) is 2. The lowest BCUT2D eigenvalue weighted by Crippen LogP contribution is -2.05. The Labute approximate surface area is 120 Å². The Morgan fingerprint density at radius 3 is 3.05 bits per heavy atom. The SMILES string of the molecule is COC(C)c1nc(CNc2ncnc(N)c2Cl)cs1. The van der Waals surface area contributed by atoms with E-state index < -0.39 is 0 Å². The van der Waals surface area contributed by atoms with Crippen molar-refractivity contribution in [3.63, 3.8) is 0 Å². The van der Waals surface area contributed by atoms with Crippen LogP contribution in [0.2, 0.25) is 5.02 Å². The predicted molar refractivity (Wildman–Crippen MR) is 76.3 cm³/mol. The van der Waals surface area contributed by atoms with Gasteiger partial charge in [0.15, 0.2) is 5.82 Å². The normalized spacial score (nSPS) is 12.4. The van der Waals surface area contributed by atoms with Crippen molar-refractivity contribution in [2.75, 3.05) is 18.2 Å². The van der Waals surface area contributed by atoms with Gasteiger partial charge in [0.2, 0.25) is 0 Å². The van der Waals surface area contributed by atoms with Crippen LogP contribution in [0.5, 0.6) is 0 Å². The summed E-state index contributed by atoms with van der Waals surface area (Å²) in [6.45, 7) is 2.47. The summed E-state index contributed by atoms with van der Waals surface area (Å²) in [7, 11) is 1.66. The first-order valence-electron chi connectivity index (χ1n) is 5.58. The Morgan fingerprint density at radius 1 is 1.53 bits per heavy atom. The van der Waals surface area contributed by atoms with Gasteiger partial charge in [0.1, 0.15) is 28.3 Å². The van der Waals surface area contributed by atoms with Crippen molar-refractivity contribution < 1.29 is 4.74 Å². The van der Waals surface area contributed by atoms with Crippen molar-refractivity contribution >= 4 is 34.6 Å². The average molecular weight is 300 g/mol.